The summed E-state index contributed by atoms with van der Waals surface area (Å²) < 4.78 is 20.5. The maximum atomic E-state index is 13.1. The summed E-state index contributed by atoms with van der Waals surface area (Å²) in [5, 5.41) is 7.08. The van der Waals surface area contributed by atoms with Crippen molar-refractivity contribution < 1.29 is 18.7 Å². The van der Waals surface area contributed by atoms with Crippen molar-refractivity contribution in [2.75, 3.05) is 13.2 Å². The first-order chi connectivity index (χ1) is 15.6. The average Bonchev–Trinajstić information content (AvgIpc) is 3.27. The van der Waals surface area contributed by atoms with Gasteiger partial charge in [-0.25, -0.2) is 9.07 Å². The predicted octanol–water partition coefficient (Wildman–Crippen LogP) is 3.90. The lowest BCUT2D eigenvalue weighted by Crippen LogP contribution is -2.30. The molecule has 4 rings (SSSR count). The Morgan fingerprint density at radius 3 is 2.75 bits per heavy atom. The summed E-state index contributed by atoms with van der Waals surface area (Å²) in [6.45, 7) is 0.433. The number of hydrogen-bond donors (Lipinski definition) is 1. The van der Waals surface area contributed by atoms with Crippen molar-refractivity contribution >= 4 is 23.8 Å². The lowest BCUT2D eigenvalue weighted by molar-refractivity contribution is -0.0396. The van der Waals surface area contributed by atoms with Crippen LogP contribution in [0.25, 0.3) is 12.2 Å². The highest BCUT2D eigenvalue weighted by Crippen LogP contribution is 2.24. The molecule has 0 saturated carbocycles. The molecule has 0 aliphatic carbocycles. The summed E-state index contributed by atoms with van der Waals surface area (Å²) in [4.78, 5) is 29.3. The third kappa shape index (κ3) is 5.33. The first-order valence-electron chi connectivity index (χ1n) is 10.5. The molecule has 1 amide bonds. The Labute approximate surface area is 184 Å². The molecule has 0 spiro atoms. The van der Waals surface area contributed by atoms with E-state index in [2.05, 4.69) is 15.4 Å². The molecule has 0 bridgehead atoms. The zero-order valence-corrected chi connectivity index (χ0v) is 17.4. The Hall–Kier alpha value is -3.65. The molecular formula is C24H23FN4O3. The fourth-order valence-corrected chi connectivity index (χ4v) is 3.43. The van der Waals surface area contributed by atoms with E-state index in [1.165, 1.54) is 24.3 Å². The van der Waals surface area contributed by atoms with Crippen LogP contribution >= 0.6 is 0 Å². The molecule has 1 saturated heterocycles. The lowest BCUT2D eigenvalue weighted by Gasteiger charge is -2.22. The topological polar surface area (TPSA) is 86.1 Å². The van der Waals surface area contributed by atoms with Crippen LogP contribution in [0.15, 0.2) is 55.0 Å². The van der Waals surface area contributed by atoms with Gasteiger partial charge in [0.1, 0.15) is 12.0 Å². The van der Waals surface area contributed by atoms with Gasteiger partial charge in [0.25, 0.3) is 5.91 Å². The second-order valence-corrected chi connectivity index (χ2v) is 7.47. The molecule has 1 aliphatic heterocycles. The van der Waals surface area contributed by atoms with E-state index < -0.39 is 11.7 Å². The predicted molar refractivity (Wildman–Crippen MR) is 117 cm³/mol. The number of hydrogen-bond acceptors (Lipinski definition) is 5. The summed E-state index contributed by atoms with van der Waals surface area (Å²) >= 11 is 0. The quantitative estimate of drug-likeness (QED) is 0.570. The van der Waals surface area contributed by atoms with E-state index in [4.69, 9.17) is 4.74 Å². The minimum Gasteiger partial charge on any atom is -0.357 e. The van der Waals surface area contributed by atoms with Crippen LogP contribution in [0.5, 0.6) is 0 Å². The first-order valence-corrected chi connectivity index (χ1v) is 10.5. The molecule has 0 radical (unpaired) electrons. The van der Waals surface area contributed by atoms with Crippen molar-refractivity contribution in [3.8, 4) is 0 Å². The summed E-state index contributed by atoms with van der Waals surface area (Å²) in [5.41, 5.74) is 2.01. The molecule has 1 N–H and O–H groups in total. The number of Topliss-reactive ketones (excluding diaryl/α,β-unsaturated/α-hetero) is 1. The van der Waals surface area contributed by atoms with Crippen LogP contribution in [-0.2, 0) is 4.74 Å². The number of amides is 1. The molecule has 3 heterocycles. The van der Waals surface area contributed by atoms with Gasteiger partial charge in [-0.1, -0.05) is 18.2 Å². The molecule has 1 aromatic carbocycles. The third-order valence-corrected chi connectivity index (χ3v) is 5.14. The number of benzene rings is 1. The molecule has 164 valence electrons. The summed E-state index contributed by atoms with van der Waals surface area (Å²) in [5.74, 6) is -1.21. The number of rotatable bonds is 7. The smallest absolute Gasteiger partial charge is 0.272 e. The zero-order chi connectivity index (χ0) is 22.3. The van der Waals surface area contributed by atoms with Crippen LogP contribution in [0, 0.1) is 5.82 Å². The van der Waals surface area contributed by atoms with Crippen LogP contribution in [0.1, 0.15) is 57.5 Å². The standard InChI is InChI=1S/C24H23FN4O3/c25-20-10-8-18(9-11-20)21(30)15-27-24(31)23-19(7-6-17-4-3-12-26-14-17)16-29(28-23)22-5-1-2-13-32-22/h3-4,6-12,14,16,22H,1-2,5,13,15H2,(H,27,31)/b7-6+. The lowest BCUT2D eigenvalue weighted by atomic mass is 10.1. The van der Waals surface area contributed by atoms with Gasteiger partial charge in [0, 0.05) is 36.3 Å². The number of ether oxygens (including phenoxy) is 1. The number of aromatic nitrogens is 3. The van der Waals surface area contributed by atoms with Crippen molar-refractivity contribution in [2.45, 2.75) is 25.5 Å². The number of halogens is 1. The number of nitrogens with one attached hydrogen (secondary N) is 1. The van der Waals surface area contributed by atoms with E-state index in [9.17, 15) is 14.0 Å². The number of carbonyl (C=O) groups is 2. The second kappa shape index (κ2) is 10.1. The van der Waals surface area contributed by atoms with Crippen LogP contribution < -0.4 is 5.32 Å². The van der Waals surface area contributed by atoms with Crippen LogP contribution in [-0.4, -0.2) is 39.6 Å². The number of ketones is 1. The Balaban J connectivity index is 1.52. The highest BCUT2D eigenvalue weighted by molar-refractivity contribution is 6.02. The van der Waals surface area contributed by atoms with Crippen molar-refractivity contribution in [1.82, 2.24) is 20.1 Å². The fraction of sp³-hybridized carbons (Fsp3) is 0.250. The van der Waals surface area contributed by atoms with Crippen LogP contribution in [0.2, 0.25) is 0 Å². The molecule has 1 aliphatic rings. The largest absolute Gasteiger partial charge is 0.357 e. The highest BCUT2D eigenvalue weighted by atomic mass is 19.1. The molecule has 1 fully saturated rings. The number of carbonyl (C=O) groups excluding carboxylic acids is 2. The Morgan fingerprint density at radius 2 is 2.03 bits per heavy atom. The summed E-state index contributed by atoms with van der Waals surface area (Å²) in [6, 6.07) is 8.93. The summed E-state index contributed by atoms with van der Waals surface area (Å²) in [7, 11) is 0. The van der Waals surface area contributed by atoms with E-state index in [1.54, 1.807) is 29.3 Å². The zero-order valence-electron chi connectivity index (χ0n) is 17.4. The second-order valence-electron chi connectivity index (χ2n) is 7.47. The van der Waals surface area contributed by atoms with Gasteiger partial charge in [0.2, 0.25) is 0 Å². The Kier molecular flexibility index (Phi) is 6.81. The minimum absolute atomic E-state index is 0.200. The first kappa shape index (κ1) is 21.6. The van der Waals surface area contributed by atoms with Crippen molar-refractivity contribution in [2.24, 2.45) is 0 Å². The molecule has 1 unspecified atom stereocenters. The van der Waals surface area contributed by atoms with Gasteiger partial charge in [-0.3, -0.25) is 14.6 Å². The fourth-order valence-electron chi connectivity index (χ4n) is 3.43. The van der Waals surface area contributed by atoms with Gasteiger partial charge in [-0.15, -0.1) is 0 Å². The van der Waals surface area contributed by atoms with Crippen molar-refractivity contribution in [1.29, 1.82) is 0 Å². The monoisotopic (exact) mass is 434 g/mol. The third-order valence-electron chi connectivity index (χ3n) is 5.14. The molecular weight excluding hydrogens is 411 g/mol. The van der Waals surface area contributed by atoms with Gasteiger partial charge >= 0.3 is 0 Å². The van der Waals surface area contributed by atoms with Crippen molar-refractivity contribution in [3.05, 3.63) is 83.2 Å². The molecule has 3 aromatic rings. The Morgan fingerprint density at radius 1 is 1.19 bits per heavy atom. The van der Waals surface area contributed by atoms with Gasteiger partial charge in [-0.05, 0) is 55.2 Å². The van der Waals surface area contributed by atoms with Crippen molar-refractivity contribution in [3.63, 3.8) is 0 Å². The van der Waals surface area contributed by atoms with Crippen LogP contribution in [0.4, 0.5) is 4.39 Å². The van der Waals surface area contributed by atoms with Gasteiger partial charge in [-0.2, -0.15) is 5.10 Å². The molecule has 1 atom stereocenters. The van der Waals surface area contributed by atoms with E-state index in [0.29, 0.717) is 17.7 Å². The number of nitrogens with zero attached hydrogens (tertiary/aromatic N) is 3. The average molecular weight is 434 g/mol. The minimum atomic E-state index is -0.471. The van der Waals surface area contributed by atoms with E-state index in [-0.39, 0.29) is 24.2 Å². The number of pyridine rings is 1. The maximum Gasteiger partial charge on any atom is 0.272 e. The van der Waals surface area contributed by atoms with Crippen LogP contribution in [0.3, 0.4) is 0 Å². The normalized spacial score (nSPS) is 16.2. The SMILES string of the molecule is O=C(CNC(=O)c1nn(C2CCCCO2)cc1/C=C/c1cccnc1)c1ccc(F)cc1. The highest BCUT2D eigenvalue weighted by Gasteiger charge is 2.22. The van der Waals surface area contributed by atoms with Gasteiger partial charge in [0.05, 0.1) is 6.54 Å². The van der Waals surface area contributed by atoms with E-state index in [1.807, 2.05) is 18.2 Å². The molecule has 7 nitrogen and oxygen atoms in total. The molecule has 32 heavy (non-hydrogen) atoms. The van der Waals surface area contributed by atoms with E-state index in [0.717, 1.165) is 24.8 Å². The van der Waals surface area contributed by atoms with Gasteiger partial charge < -0.3 is 10.1 Å². The maximum absolute atomic E-state index is 13.1. The van der Waals surface area contributed by atoms with E-state index >= 15 is 0 Å². The van der Waals surface area contributed by atoms with Gasteiger partial charge in [0.15, 0.2) is 11.5 Å². The summed E-state index contributed by atoms with van der Waals surface area (Å²) in [6.07, 6.45) is 11.4. The molecule has 8 heteroatoms. The molecule has 2 aromatic heterocycles. The Bertz CT molecular complexity index is 1100.